The Labute approximate surface area is 159 Å². The van der Waals surface area contributed by atoms with Gasteiger partial charge in [-0.15, -0.1) is 0 Å². The Morgan fingerprint density at radius 1 is 1.25 bits per heavy atom. The van der Waals surface area contributed by atoms with Crippen LogP contribution in [0.5, 0.6) is 0 Å². The lowest BCUT2D eigenvalue weighted by Crippen LogP contribution is -2.46. The van der Waals surface area contributed by atoms with Crippen molar-refractivity contribution in [2.75, 3.05) is 11.4 Å². The molecule has 0 atom stereocenters. The molecule has 9 heteroatoms. The smallest absolute Gasteiger partial charge is 0.328 e. The number of imidazole rings is 1. The molecule has 0 aliphatic carbocycles. The predicted molar refractivity (Wildman–Crippen MR) is 102 cm³/mol. The van der Waals surface area contributed by atoms with Gasteiger partial charge in [0.1, 0.15) is 12.4 Å². The van der Waals surface area contributed by atoms with Gasteiger partial charge in [-0.25, -0.2) is 18.7 Å². The fourth-order valence-electron chi connectivity index (χ4n) is 3.84. The summed E-state index contributed by atoms with van der Waals surface area (Å²) in [5.41, 5.74) is 1.06. The monoisotopic (exact) mass is 385 g/mol. The summed E-state index contributed by atoms with van der Waals surface area (Å²) < 4.78 is 18.2. The van der Waals surface area contributed by atoms with Gasteiger partial charge in [0, 0.05) is 20.6 Å². The maximum Gasteiger partial charge on any atom is 0.332 e. The minimum absolute atomic E-state index is 0.232. The summed E-state index contributed by atoms with van der Waals surface area (Å²) in [6.07, 6.45) is 2.81. The van der Waals surface area contributed by atoms with Crippen LogP contribution in [0.15, 0.2) is 28.0 Å². The summed E-state index contributed by atoms with van der Waals surface area (Å²) in [6, 6.07) is 3.25. The van der Waals surface area contributed by atoms with Crippen LogP contribution in [0.1, 0.15) is 17.5 Å². The Morgan fingerprint density at radius 2 is 2.00 bits per heavy atom. The highest BCUT2D eigenvalue weighted by molar-refractivity contribution is 5.94. The van der Waals surface area contributed by atoms with Gasteiger partial charge < -0.3 is 9.47 Å². The molecule has 0 saturated carbocycles. The second-order valence-electron chi connectivity index (χ2n) is 7.16. The number of hydrogen-bond acceptors (Lipinski definition) is 4. The highest BCUT2D eigenvalue weighted by Gasteiger charge is 2.27. The number of rotatable bonds is 2. The van der Waals surface area contributed by atoms with Gasteiger partial charge in [0.2, 0.25) is 5.91 Å². The Bertz CT molecular complexity index is 1240. The molecule has 0 spiro atoms. The molecule has 28 heavy (non-hydrogen) atoms. The predicted octanol–water partition coefficient (Wildman–Crippen LogP) is 0.861. The van der Waals surface area contributed by atoms with Crippen LogP contribution in [0, 0.1) is 12.7 Å². The lowest BCUT2D eigenvalue weighted by Gasteiger charge is -2.30. The topological polar surface area (TPSA) is 82.1 Å². The number of carbonyl (C=O) groups is 1. The largest absolute Gasteiger partial charge is 0.332 e. The SMILES string of the molecule is Cc1cc(F)c2c(c1)CCCN2C(=O)Cn1c(=O)c2c(ncn2C)n(C)c1=O. The average Bonchev–Trinajstić information content (AvgIpc) is 3.04. The molecule has 3 heterocycles. The third-order valence-electron chi connectivity index (χ3n) is 5.18. The number of benzene rings is 1. The zero-order chi connectivity index (χ0) is 20.2. The number of aryl methyl sites for hydroxylation is 4. The van der Waals surface area contributed by atoms with Crippen molar-refractivity contribution < 1.29 is 9.18 Å². The molecule has 0 saturated heterocycles. The van der Waals surface area contributed by atoms with E-state index in [-0.39, 0.29) is 16.9 Å². The molecule has 4 rings (SSSR count). The molecule has 0 N–H and O–H groups in total. The van der Waals surface area contributed by atoms with E-state index in [1.54, 1.807) is 14.0 Å². The molecule has 1 aliphatic heterocycles. The van der Waals surface area contributed by atoms with E-state index in [2.05, 4.69) is 4.98 Å². The van der Waals surface area contributed by atoms with Crippen LogP contribution in [-0.2, 0) is 31.9 Å². The highest BCUT2D eigenvalue weighted by atomic mass is 19.1. The Morgan fingerprint density at radius 3 is 2.75 bits per heavy atom. The van der Waals surface area contributed by atoms with E-state index >= 15 is 0 Å². The number of halogens is 1. The summed E-state index contributed by atoms with van der Waals surface area (Å²) in [5, 5.41) is 0. The Kier molecular flexibility index (Phi) is 4.17. The van der Waals surface area contributed by atoms with Crippen molar-refractivity contribution in [2.24, 2.45) is 14.1 Å². The Balaban J connectivity index is 1.78. The first kappa shape index (κ1) is 18.1. The highest BCUT2D eigenvalue weighted by Crippen LogP contribution is 2.31. The van der Waals surface area contributed by atoms with Crippen molar-refractivity contribution in [2.45, 2.75) is 26.3 Å². The van der Waals surface area contributed by atoms with Crippen LogP contribution in [0.2, 0.25) is 0 Å². The van der Waals surface area contributed by atoms with Gasteiger partial charge in [0.15, 0.2) is 11.2 Å². The second-order valence-corrected chi connectivity index (χ2v) is 7.16. The van der Waals surface area contributed by atoms with E-state index in [0.29, 0.717) is 19.4 Å². The molecule has 1 aromatic carbocycles. The first-order valence-corrected chi connectivity index (χ1v) is 9.00. The maximum atomic E-state index is 14.6. The van der Waals surface area contributed by atoms with Gasteiger partial charge in [-0.2, -0.15) is 0 Å². The number of nitrogens with zero attached hydrogens (tertiary/aromatic N) is 5. The van der Waals surface area contributed by atoms with E-state index in [4.69, 9.17) is 0 Å². The minimum Gasteiger partial charge on any atom is -0.328 e. The zero-order valence-electron chi connectivity index (χ0n) is 15.9. The number of hydrogen-bond donors (Lipinski definition) is 0. The third-order valence-corrected chi connectivity index (χ3v) is 5.18. The number of amides is 1. The van der Waals surface area contributed by atoms with Crippen molar-refractivity contribution >= 4 is 22.8 Å². The van der Waals surface area contributed by atoms with Crippen LogP contribution in [-0.4, -0.2) is 31.1 Å². The first-order valence-electron chi connectivity index (χ1n) is 9.00. The lowest BCUT2D eigenvalue weighted by molar-refractivity contribution is -0.119. The molecule has 3 aromatic rings. The van der Waals surface area contributed by atoms with Crippen LogP contribution in [0.25, 0.3) is 11.2 Å². The normalized spacial score (nSPS) is 13.8. The molecule has 0 bridgehead atoms. The summed E-state index contributed by atoms with van der Waals surface area (Å²) in [4.78, 5) is 43.8. The standard InChI is InChI=1S/C19H20FN5O3/c1-11-7-12-5-4-6-24(15(12)13(20)8-11)14(26)9-25-18(27)16-17(21-10-22(16)2)23(3)19(25)28/h7-8,10H,4-6,9H2,1-3H3. The minimum atomic E-state index is -0.633. The number of aromatic nitrogens is 4. The van der Waals surface area contributed by atoms with E-state index in [1.807, 2.05) is 6.07 Å². The molecule has 1 amide bonds. The van der Waals surface area contributed by atoms with Gasteiger partial charge in [-0.1, -0.05) is 6.07 Å². The van der Waals surface area contributed by atoms with E-state index in [0.717, 1.165) is 15.7 Å². The van der Waals surface area contributed by atoms with Crippen LogP contribution < -0.4 is 16.1 Å². The Hall–Kier alpha value is -3.23. The second kappa shape index (κ2) is 6.43. The summed E-state index contributed by atoms with van der Waals surface area (Å²) in [6.45, 7) is 1.69. The van der Waals surface area contributed by atoms with Crippen molar-refractivity contribution in [1.82, 2.24) is 18.7 Å². The van der Waals surface area contributed by atoms with E-state index < -0.39 is 29.5 Å². The van der Waals surface area contributed by atoms with Gasteiger partial charge in [-0.3, -0.25) is 14.2 Å². The number of fused-ring (bicyclic) bond motifs is 2. The number of anilines is 1. The van der Waals surface area contributed by atoms with Crippen molar-refractivity contribution in [1.29, 1.82) is 0 Å². The average molecular weight is 385 g/mol. The summed E-state index contributed by atoms with van der Waals surface area (Å²) in [5.74, 6) is -0.963. The van der Waals surface area contributed by atoms with Crippen LogP contribution in [0.3, 0.4) is 0 Å². The maximum absolute atomic E-state index is 14.6. The van der Waals surface area contributed by atoms with Gasteiger partial charge in [0.25, 0.3) is 5.56 Å². The fourth-order valence-corrected chi connectivity index (χ4v) is 3.84. The summed E-state index contributed by atoms with van der Waals surface area (Å²) in [7, 11) is 3.14. The molecule has 8 nitrogen and oxygen atoms in total. The molecule has 1 aliphatic rings. The van der Waals surface area contributed by atoms with Gasteiger partial charge in [-0.05, 0) is 37.0 Å². The fraction of sp³-hybridized carbons (Fsp3) is 0.368. The quantitative estimate of drug-likeness (QED) is 0.655. The molecular weight excluding hydrogens is 365 g/mol. The van der Waals surface area contributed by atoms with E-state index in [1.165, 1.54) is 33.5 Å². The molecule has 146 valence electrons. The molecule has 0 unspecified atom stereocenters. The number of carbonyl (C=O) groups excluding carboxylic acids is 1. The van der Waals surface area contributed by atoms with Crippen LogP contribution >= 0.6 is 0 Å². The van der Waals surface area contributed by atoms with Gasteiger partial charge in [0.05, 0.1) is 12.0 Å². The van der Waals surface area contributed by atoms with Crippen LogP contribution in [0.4, 0.5) is 10.1 Å². The van der Waals surface area contributed by atoms with Crippen molar-refractivity contribution in [3.8, 4) is 0 Å². The lowest BCUT2D eigenvalue weighted by atomic mass is 9.99. The molecule has 2 aromatic heterocycles. The third kappa shape index (κ3) is 2.65. The first-order chi connectivity index (χ1) is 13.3. The molecule has 0 fully saturated rings. The molecule has 0 radical (unpaired) electrons. The van der Waals surface area contributed by atoms with Crippen molar-refractivity contribution in [3.63, 3.8) is 0 Å². The van der Waals surface area contributed by atoms with E-state index in [9.17, 15) is 18.8 Å². The summed E-state index contributed by atoms with van der Waals surface area (Å²) >= 11 is 0. The van der Waals surface area contributed by atoms with Gasteiger partial charge >= 0.3 is 5.69 Å². The zero-order valence-corrected chi connectivity index (χ0v) is 15.9. The molecular formula is C19H20FN5O3. The van der Waals surface area contributed by atoms with Crippen molar-refractivity contribution in [3.05, 3.63) is 56.2 Å².